The van der Waals surface area contributed by atoms with E-state index in [1.54, 1.807) is 7.05 Å². The lowest BCUT2D eigenvalue weighted by atomic mass is 10.2. The average Bonchev–Trinajstić information content (AvgIpc) is 2.88. The molecule has 2 rings (SSSR count). The van der Waals surface area contributed by atoms with Crippen LogP contribution in [-0.2, 0) is 14.6 Å². The van der Waals surface area contributed by atoms with E-state index in [4.69, 9.17) is 0 Å². The highest BCUT2D eigenvalue weighted by atomic mass is 79.9. The maximum atomic E-state index is 12.1. The molecule has 3 N–H and O–H groups in total. The number of sulfone groups is 1. The van der Waals surface area contributed by atoms with Gasteiger partial charge in [-0.25, -0.2) is 8.42 Å². The first-order valence-corrected chi connectivity index (χ1v) is 10.6. The number of guanidine groups is 1. The maximum absolute atomic E-state index is 12.1. The van der Waals surface area contributed by atoms with Crippen LogP contribution in [-0.4, -0.2) is 51.4 Å². The lowest BCUT2D eigenvalue weighted by Gasteiger charge is -2.16. The van der Waals surface area contributed by atoms with E-state index in [0.29, 0.717) is 18.9 Å². The van der Waals surface area contributed by atoms with E-state index in [1.165, 1.54) is 0 Å². The highest BCUT2D eigenvalue weighted by Gasteiger charge is 2.28. The van der Waals surface area contributed by atoms with Crippen LogP contribution in [0.25, 0.3) is 0 Å². The van der Waals surface area contributed by atoms with Crippen molar-refractivity contribution in [1.82, 2.24) is 10.6 Å². The molecule has 138 valence electrons. The summed E-state index contributed by atoms with van der Waals surface area (Å²) in [4.78, 5) is 16.1. The molecule has 0 radical (unpaired) electrons. The summed E-state index contributed by atoms with van der Waals surface area (Å²) in [7, 11) is -1.32. The van der Waals surface area contributed by atoms with Gasteiger partial charge in [0.05, 0.1) is 11.5 Å². The second-order valence-corrected chi connectivity index (χ2v) is 9.15. The van der Waals surface area contributed by atoms with Crippen LogP contribution in [0.3, 0.4) is 0 Å². The van der Waals surface area contributed by atoms with E-state index < -0.39 is 9.84 Å². The molecule has 1 unspecified atom stereocenters. The predicted octanol–water partition coefficient (Wildman–Crippen LogP) is 1.44. The number of aryl methyl sites for hydroxylation is 1. The van der Waals surface area contributed by atoms with Gasteiger partial charge in [-0.3, -0.25) is 9.79 Å². The van der Waals surface area contributed by atoms with E-state index in [2.05, 4.69) is 36.9 Å². The molecule has 7 nitrogen and oxygen atoms in total. The molecule has 1 heterocycles. The normalized spacial score (nSPS) is 19.5. The minimum absolute atomic E-state index is 0.104. The second-order valence-electron chi connectivity index (χ2n) is 6.00. The van der Waals surface area contributed by atoms with Gasteiger partial charge in [-0.05, 0) is 31.0 Å². The Hall–Kier alpha value is -1.61. The zero-order valence-corrected chi connectivity index (χ0v) is 16.7. The van der Waals surface area contributed by atoms with Gasteiger partial charge >= 0.3 is 0 Å². The summed E-state index contributed by atoms with van der Waals surface area (Å²) in [5.74, 6) is 0.730. The number of anilines is 1. The second kappa shape index (κ2) is 8.66. The zero-order valence-electron chi connectivity index (χ0n) is 14.3. The molecule has 1 atom stereocenters. The fourth-order valence-corrected chi connectivity index (χ4v) is 4.57. The Bertz CT molecular complexity index is 765. The number of rotatable bonds is 5. The van der Waals surface area contributed by atoms with Crippen molar-refractivity contribution in [2.45, 2.75) is 25.8 Å². The number of carbonyl (C=O) groups is 1. The first-order chi connectivity index (χ1) is 11.8. The Morgan fingerprint density at radius 3 is 2.80 bits per heavy atom. The molecule has 0 saturated carbocycles. The fourth-order valence-electron chi connectivity index (χ4n) is 2.53. The molecule has 25 heavy (non-hydrogen) atoms. The van der Waals surface area contributed by atoms with Crippen molar-refractivity contribution in [2.24, 2.45) is 4.99 Å². The number of hydrogen-bond donors (Lipinski definition) is 3. The van der Waals surface area contributed by atoms with E-state index in [0.717, 1.165) is 15.7 Å². The summed E-state index contributed by atoms with van der Waals surface area (Å²) in [5, 5.41) is 9.00. The molecule has 9 heteroatoms. The molecular weight excluding hydrogens is 408 g/mol. The van der Waals surface area contributed by atoms with E-state index >= 15 is 0 Å². The smallest absolute Gasteiger partial charge is 0.226 e. The van der Waals surface area contributed by atoms with Crippen LogP contribution < -0.4 is 16.0 Å². The van der Waals surface area contributed by atoms with Crippen LogP contribution in [0.5, 0.6) is 0 Å². The summed E-state index contributed by atoms with van der Waals surface area (Å²) in [6.07, 6.45) is 0.849. The van der Waals surface area contributed by atoms with Gasteiger partial charge in [-0.1, -0.05) is 22.0 Å². The quantitative estimate of drug-likeness (QED) is 0.484. The lowest BCUT2D eigenvalue weighted by molar-refractivity contribution is -0.116. The van der Waals surface area contributed by atoms with Crippen LogP contribution in [0.1, 0.15) is 18.4 Å². The number of hydrogen-bond acceptors (Lipinski definition) is 4. The lowest BCUT2D eigenvalue weighted by Crippen LogP contribution is -2.44. The number of carbonyl (C=O) groups excluding carboxylic acids is 1. The van der Waals surface area contributed by atoms with Crippen molar-refractivity contribution in [3.63, 3.8) is 0 Å². The summed E-state index contributed by atoms with van der Waals surface area (Å²) >= 11 is 3.39. The minimum atomic E-state index is -2.94. The third-order valence-corrected chi connectivity index (χ3v) is 6.18. The molecule has 1 aliphatic heterocycles. The summed E-state index contributed by atoms with van der Waals surface area (Å²) in [6.45, 7) is 2.33. The number of halogens is 1. The van der Waals surface area contributed by atoms with Crippen molar-refractivity contribution in [1.29, 1.82) is 0 Å². The Balaban J connectivity index is 1.77. The molecule has 1 aromatic carbocycles. The third kappa shape index (κ3) is 6.32. The summed E-state index contributed by atoms with van der Waals surface area (Å²) < 4.78 is 23.9. The molecule has 1 fully saturated rings. The molecular formula is C16H23BrN4O3S. The monoisotopic (exact) mass is 430 g/mol. The van der Waals surface area contributed by atoms with E-state index in [9.17, 15) is 13.2 Å². The Labute approximate surface area is 156 Å². The SMILES string of the molecule is CN=C(NCCC(=O)Nc1cc(Br)ccc1C)NC1CCS(=O)(=O)C1. The van der Waals surface area contributed by atoms with Crippen molar-refractivity contribution in [3.05, 3.63) is 28.2 Å². The van der Waals surface area contributed by atoms with Crippen LogP contribution >= 0.6 is 15.9 Å². The van der Waals surface area contributed by atoms with Gasteiger partial charge in [0, 0.05) is 36.2 Å². The number of nitrogens with one attached hydrogen (secondary N) is 3. The van der Waals surface area contributed by atoms with Crippen LogP contribution in [0.15, 0.2) is 27.7 Å². The topological polar surface area (TPSA) is 99.7 Å². The summed E-state index contributed by atoms with van der Waals surface area (Å²) in [6, 6.07) is 5.58. The number of amides is 1. The largest absolute Gasteiger partial charge is 0.356 e. The van der Waals surface area contributed by atoms with Crippen LogP contribution in [0, 0.1) is 6.92 Å². The summed E-state index contributed by atoms with van der Waals surface area (Å²) in [5.41, 5.74) is 1.77. The van der Waals surface area contributed by atoms with Crippen LogP contribution in [0.2, 0.25) is 0 Å². The first kappa shape index (κ1) is 19.7. The van der Waals surface area contributed by atoms with Gasteiger partial charge in [0.1, 0.15) is 0 Å². The highest BCUT2D eigenvalue weighted by Crippen LogP contribution is 2.20. The average molecular weight is 431 g/mol. The minimum Gasteiger partial charge on any atom is -0.356 e. The van der Waals surface area contributed by atoms with Gasteiger partial charge in [0.15, 0.2) is 15.8 Å². The van der Waals surface area contributed by atoms with Gasteiger partial charge in [-0.15, -0.1) is 0 Å². The molecule has 1 amide bonds. The molecule has 1 saturated heterocycles. The van der Waals surface area contributed by atoms with Crippen molar-refractivity contribution in [3.8, 4) is 0 Å². The van der Waals surface area contributed by atoms with Gasteiger partial charge < -0.3 is 16.0 Å². The van der Waals surface area contributed by atoms with E-state index in [-0.39, 0.29) is 29.9 Å². The molecule has 1 aliphatic rings. The number of nitrogens with zero attached hydrogens (tertiary/aromatic N) is 1. The zero-order chi connectivity index (χ0) is 18.4. The molecule has 0 bridgehead atoms. The number of aliphatic imine (C=N–C) groups is 1. The van der Waals surface area contributed by atoms with Gasteiger partial charge in [-0.2, -0.15) is 0 Å². The number of benzene rings is 1. The van der Waals surface area contributed by atoms with Crippen molar-refractivity contribution in [2.75, 3.05) is 30.4 Å². The van der Waals surface area contributed by atoms with Gasteiger partial charge in [0.25, 0.3) is 0 Å². The molecule has 0 aliphatic carbocycles. The highest BCUT2D eigenvalue weighted by molar-refractivity contribution is 9.10. The van der Waals surface area contributed by atoms with Crippen molar-refractivity contribution < 1.29 is 13.2 Å². The van der Waals surface area contributed by atoms with Crippen molar-refractivity contribution >= 4 is 43.3 Å². The predicted molar refractivity (Wildman–Crippen MR) is 104 cm³/mol. The first-order valence-electron chi connectivity index (χ1n) is 8.02. The molecule has 0 spiro atoms. The van der Waals surface area contributed by atoms with E-state index in [1.807, 2.05) is 25.1 Å². The van der Waals surface area contributed by atoms with Crippen LogP contribution in [0.4, 0.5) is 5.69 Å². The third-order valence-electron chi connectivity index (χ3n) is 3.92. The maximum Gasteiger partial charge on any atom is 0.226 e. The Kier molecular flexibility index (Phi) is 6.83. The Morgan fingerprint density at radius 2 is 2.16 bits per heavy atom. The fraction of sp³-hybridized carbons (Fsp3) is 0.500. The molecule has 1 aromatic rings. The van der Waals surface area contributed by atoms with Gasteiger partial charge in [0.2, 0.25) is 5.91 Å². The standard InChI is InChI=1S/C16H23BrN4O3S/c1-11-3-4-12(17)9-14(11)21-15(22)5-7-19-16(18-2)20-13-6-8-25(23,24)10-13/h3-4,9,13H,5-8,10H2,1-2H3,(H,21,22)(H2,18,19,20). The Morgan fingerprint density at radius 1 is 1.40 bits per heavy atom. The molecule has 0 aromatic heterocycles.